The van der Waals surface area contributed by atoms with E-state index in [1.807, 2.05) is 20.8 Å². The largest absolute Gasteiger partial charge is 0.477 e. The molecule has 0 aliphatic rings. The van der Waals surface area contributed by atoms with Crippen LogP contribution in [-0.2, 0) is 0 Å². The Balaban J connectivity index is 2.16. The van der Waals surface area contributed by atoms with Crippen molar-refractivity contribution in [2.75, 3.05) is 5.32 Å². The van der Waals surface area contributed by atoms with Crippen LogP contribution in [0.2, 0.25) is 0 Å². The smallest absolute Gasteiger partial charge is 0.347 e. The van der Waals surface area contributed by atoms with Crippen LogP contribution in [0.3, 0.4) is 0 Å². The highest BCUT2D eigenvalue weighted by Gasteiger charge is 2.18. The van der Waals surface area contributed by atoms with Gasteiger partial charge >= 0.3 is 5.97 Å². The van der Waals surface area contributed by atoms with E-state index in [0.717, 1.165) is 28.4 Å². The van der Waals surface area contributed by atoms with Crippen molar-refractivity contribution in [3.63, 3.8) is 0 Å². The summed E-state index contributed by atoms with van der Waals surface area (Å²) in [4.78, 5) is 15.0. The van der Waals surface area contributed by atoms with Crippen LogP contribution in [0.4, 0.5) is 5.13 Å². The molecule has 6 nitrogen and oxygen atoms in total. The first-order valence-electron chi connectivity index (χ1n) is 5.37. The number of aromatic carboxylic acids is 1. The molecule has 0 fully saturated rings. The monoisotopic (exact) mass is 267 g/mol. The summed E-state index contributed by atoms with van der Waals surface area (Å²) in [5.41, 5.74) is 1.80. The average Bonchev–Trinajstić information content (AvgIpc) is 2.86. The Morgan fingerprint density at radius 1 is 1.56 bits per heavy atom. The number of carbonyl (C=O) groups is 1. The maximum Gasteiger partial charge on any atom is 0.347 e. The predicted octanol–water partition coefficient (Wildman–Crippen LogP) is 2.62. The second kappa shape index (κ2) is 4.77. The molecule has 0 aliphatic heterocycles. The van der Waals surface area contributed by atoms with Gasteiger partial charge < -0.3 is 14.9 Å². The van der Waals surface area contributed by atoms with E-state index in [-0.39, 0.29) is 10.9 Å². The number of carboxylic acid groups (broad SMARTS) is 1. The second-order valence-electron chi connectivity index (χ2n) is 3.94. The van der Waals surface area contributed by atoms with Gasteiger partial charge in [0.15, 0.2) is 5.13 Å². The van der Waals surface area contributed by atoms with Gasteiger partial charge in [-0.25, -0.2) is 9.78 Å². The summed E-state index contributed by atoms with van der Waals surface area (Å²) in [6.45, 7) is 5.67. The summed E-state index contributed by atoms with van der Waals surface area (Å²) >= 11 is 1.11. The zero-order valence-electron chi connectivity index (χ0n) is 10.2. The summed E-state index contributed by atoms with van der Waals surface area (Å²) < 4.78 is 5.10. The molecule has 96 valence electrons. The van der Waals surface area contributed by atoms with Crippen LogP contribution in [0, 0.1) is 13.8 Å². The van der Waals surface area contributed by atoms with E-state index in [9.17, 15) is 4.79 Å². The fourth-order valence-corrected chi connectivity index (χ4v) is 2.55. The lowest BCUT2D eigenvalue weighted by Crippen LogP contribution is -2.07. The van der Waals surface area contributed by atoms with E-state index in [1.165, 1.54) is 6.20 Å². The number of hydrogen-bond acceptors (Lipinski definition) is 6. The molecule has 2 aromatic heterocycles. The van der Waals surface area contributed by atoms with Crippen LogP contribution in [0.15, 0.2) is 10.7 Å². The molecule has 0 bridgehead atoms. The summed E-state index contributed by atoms with van der Waals surface area (Å²) in [5, 5.41) is 16.4. The lowest BCUT2D eigenvalue weighted by atomic mass is 10.1. The molecule has 0 radical (unpaired) electrons. The predicted molar refractivity (Wildman–Crippen MR) is 67.1 cm³/mol. The van der Waals surface area contributed by atoms with Crippen LogP contribution >= 0.6 is 11.3 Å². The quantitative estimate of drug-likeness (QED) is 0.885. The fraction of sp³-hybridized carbons (Fsp3) is 0.364. The van der Waals surface area contributed by atoms with Crippen LogP contribution in [0.5, 0.6) is 0 Å². The number of aryl methyl sites for hydroxylation is 2. The minimum Gasteiger partial charge on any atom is -0.477 e. The summed E-state index contributed by atoms with van der Waals surface area (Å²) in [6, 6.07) is -0.0379. The Morgan fingerprint density at radius 3 is 2.78 bits per heavy atom. The highest BCUT2D eigenvalue weighted by molar-refractivity contribution is 7.17. The highest BCUT2D eigenvalue weighted by atomic mass is 32.1. The standard InChI is InChI=1S/C11H13N3O3S/c1-5(9-6(2)14-17-7(9)3)13-11-12-4-8(18-11)10(15)16/h4-5H,1-3H3,(H,12,13)(H,15,16). The Bertz CT molecular complexity index is 556. The van der Waals surface area contributed by atoms with Gasteiger partial charge in [0.2, 0.25) is 0 Å². The van der Waals surface area contributed by atoms with Gasteiger partial charge in [-0.15, -0.1) is 0 Å². The second-order valence-corrected chi connectivity index (χ2v) is 4.97. The number of anilines is 1. The first kappa shape index (κ1) is 12.6. The molecule has 0 saturated heterocycles. The van der Waals surface area contributed by atoms with Crippen LogP contribution < -0.4 is 5.32 Å². The topological polar surface area (TPSA) is 88.3 Å². The first-order valence-corrected chi connectivity index (χ1v) is 6.19. The fourth-order valence-electron chi connectivity index (χ4n) is 1.81. The molecule has 2 heterocycles. The number of hydrogen-bond donors (Lipinski definition) is 2. The Hall–Kier alpha value is -1.89. The first-order chi connectivity index (χ1) is 8.49. The molecule has 0 spiro atoms. The normalized spacial score (nSPS) is 12.4. The van der Waals surface area contributed by atoms with Crippen molar-refractivity contribution in [1.82, 2.24) is 10.1 Å². The molecule has 0 aromatic carbocycles. The maximum absolute atomic E-state index is 10.8. The van der Waals surface area contributed by atoms with Crippen molar-refractivity contribution in [2.45, 2.75) is 26.8 Å². The molecular weight excluding hydrogens is 254 g/mol. The molecule has 7 heteroatoms. The number of rotatable bonds is 4. The Labute approximate surface area is 108 Å². The molecule has 0 saturated carbocycles. The van der Waals surface area contributed by atoms with Crippen LogP contribution in [0.25, 0.3) is 0 Å². The molecular formula is C11H13N3O3S. The molecule has 2 aromatic rings. The maximum atomic E-state index is 10.8. The highest BCUT2D eigenvalue weighted by Crippen LogP contribution is 2.27. The van der Waals surface area contributed by atoms with Gasteiger partial charge in [0.1, 0.15) is 10.6 Å². The third-order valence-corrected chi connectivity index (χ3v) is 3.49. The van der Waals surface area contributed by atoms with Gasteiger partial charge in [0.25, 0.3) is 0 Å². The Morgan fingerprint density at radius 2 is 2.28 bits per heavy atom. The lowest BCUT2D eigenvalue weighted by molar-refractivity contribution is 0.0702. The summed E-state index contributed by atoms with van der Waals surface area (Å²) in [6.07, 6.45) is 1.34. The zero-order valence-corrected chi connectivity index (χ0v) is 11.0. The SMILES string of the molecule is Cc1noc(C)c1C(C)Nc1ncc(C(=O)O)s1. The number of thiazole rings is 1. The molecule has 18 heavy (non-hydrogen) atoms. The number of aromatic nitrogens is 2. The Kier molecular flexibility index (Phi) is 3.33. The van der Waals surface area contributed by atoms with Gasteiger partial charge in [0, 0.05) is 5.56 Å². The van der Waals surface area contributed by atoms with E-state index in [0.29, 0.717) is 5.13 Å². The van der Waals surface area contributed by atoms with Gasteiger partial charge in [-0.2, -0.15) is 0 Å². The van der Waals surface area contributed by atoms with Crippen molar-refractivity contribution < 1.29 is 14.4 Å². The third kappa shape index (κ3) is 2.35. The van der Waals surface area contributed by atoms with E-state index in [1.54, 1.807) is 0 Å². The molecule has 2 rings (SSSR count). The van der Waals surface area contributed by atoms with E-state index in [4.69, 9.17) is 9.63 Å². The van der Waals surface area contributed by atoms with Crippen molar-refractivity contribution in [3.8, 4) is 0 Å². The van der Waals surface area contributed by atoms with Crippen molar-refractivity contribution in [2.24, 2.45) is 0 Å². The summed E-state index contributed by atoms with van der Waals surface area (Å²) in [7, 11) is 0. The van der Waals surface area contributed by atoms with E-state index in [2.05, 4.69) is 15.5 Å². The summed E-state index contributed by atoms with van der Waals surface area (Å²) in [5.74, 6) is -0.215. The zero-order chi connectivity index (χ0) is 13.3. The minimum atomic E-state index is -0.967. The van der Waals surface area contributed by atoms with E-state index < -0.39 is 5.97 Å². The average molecular weight is 267 g/mol. The number of nitrogens with one attached hydrogen (secondary N) is 1. The number of nitrogens with zero attached hydrogens (tertiary/aromatic N) is 2. The molecule has 2 N–H and O–H groups in total. The number of carboxylic acids is 1. The molecule has 1 atom stereocenters. The van der Waals surface area contributed by atoms with Crippen LogP contribution in [0.1, 0.15) is 39.7 Å². The van der Waals surface area contributed by atoms with Gasteiger partial charge in [-0.3, -0.25) is 0 Å². The van der Waals surface area contributed by atoms with Gasteiger partial charge in [-0.05, 0) is 20.8 Å². The third-order valence-electron chi connectivity index (χ3n) is 2.58. The van der Waals surface area contributed by atoms with Gasteiger partial charge in [0.05, 0.1) is 17.9 Å². The van der Waals surface area contributed by atoms with Crippen LogP contribution in [-0.4, -0.2) is 21.2 Å². The van der Waals surface area contributed by atoms with Crippen molar-refractivity contribution in [1.29, 1.82) is 0 Å². The minimum absolute atomic E-state index is 0.0379. The molecule has 0 aliphatic carbocycles. The van der Waals surface area contributed by atoms with E-state index >= 15 is 0 Å². The lowest BCUT2D eigenvalue weighted by Gasteiger charge is -2.12. The van der Waals surface area contributed by atoms with Gasteiger partial charge in [-0.1, -0.05) is 16.5 Å². The van der Waals surface area contributed by atoms with Crippen molar-refractivity contribution >= 4 is 22.4 Å². The molecule has 0 amide bonds. The van der Waals surface area contributed by atoms with Crippen molar-refractivity contribution in [3.05, 3.63) is 28.1 Å². The molecule has 1 unspecified atom stereocenters.